The van der Waals surface area contributed by atoms with Gasteiger partial charge in [-0.2, -0.15) is 8.42 Å². The van der Waals surface area contributed by atoms with E-state index in [1.54, 1.807) is 0 Å². The van der Waals surface area contributed by atoms with Crippen LogP contribution in [-0.2, 0) is 14.9 Å². The first-order valence-corrected chi connectivity index (χ1v) is 10.9. The molecule has 12 nitrogen and oxygen atoms in total. The van der Waals surface area contributed by atoms with Crippen LogP contribution in [0.3, 0.4) is 0 Å². The zero-order chi connectivity index (χ0) is 26.3. The van der Waals surface area contributed by atoms with Crippen molar-refractivity contribution in [2.45, 2.75) is 4.90 Å². The first kappa shape index (κ1) is 30.9. The van der Waals surface area contributed by atoms with Crippen LogP contribution in [0.2, 0.25) is 0 Å². The maximum absolute atomic E-state index is 12.3. The number of rotatable bonds is 6. The fraction of sp³-hybridized carbons (Fsp3) is 0.0909. The zero-order valence-electron chi connectivity index (χ0n) is 17.6. The predicted molar refractivity (Wildman–Crippen MR) is 125 cm³/mol. The molecule has 3 aromatic carbocycles. The number of aromatic carboxylic acids is 2. The van der Waals surface area contributed by atoms with Gasteiger partial charge in [-0.1, -0.05) is 12.1 Å². The van der Waals surface area contributed by atoms with Crippen LogP contribution >= 0.6 is 0 Å². The summed E-state index contributed by atoms with van der Waals surface area (Å²) in [6.07, 6.45) is 0. The van der Waals surface area contributed by atoms with Gasteiger partial charge in [-0.05, 0) is 53.2 Å². The van der Waals surface area contributed by atoms with Gasteiger partial charge in [-0.3, -0.25) is 4.55 Å². The first-order chi connectivity index (χ1) is 16.4. The molecule has 0 fully saturated rings. The van der Waals surface area contributed by atoms with Crippen molar-refractivity contribution in [1.29, 1.82) is 0 Å². The number of aliphatic hydroxyl groups excluding tert-OH is 2. The van der Waals surface area contributed by atoms with Crippen molar-refractivity contribution < 1.29 is 57.3 Å². The summed E-state index contributed by atoms with van der Waals surface area (Å²) in [5.41, 5.74) is -1.28. The fourth-order valence-corrected chi connectivity index (χ4v) is 3.45. The van der Waals surface area contributed by atoms with E-state index in [0.29, 0.717) is 16.8 Å². The number of ether oxygens (including phenoxy) is 1. The molecule has 0 aliphatic carbocycles. The summed E-state index contributed by atoms with van der Waals surface area (Å²) in [5, 5.41) is 34.2. The molecule has 0 aliphatic heterocycles. The summed E-state index contributed by atoms with van der Waals surface area (Å²) in [6.45, 7) is -0.250. The number of carbonyl (C=O) groups is 4. The van der Waals surface area contributed by atoms with Crippen LogP contribution in [0.25, 0.3) is 10.8 Å². The fourth-order valence-electron chi connectivity index (χ4n) is 2.74. The van der Waals surface area contributed by atoms with Gasteiger partial charge in [0.25, 0.3) is 10.1 Å². The second-order valence-corrected chi connectivity index (χ2v) is 8.09. The standard InChI is InChI=1S/C20H12O10S.C2H6O2.Na.H/c21-17(22)12-3-1-11-8-14(4-2-10(11)7-12)19(25)30-20(26)15-6-5-13(18(23)24)9-16(15)31(27,28)29;3-1-2-4;;/h1-9H,(H,21,22)(H,23,24)(H,27,28,29);3-4H,1-2H2;;. The summed E-state index contributed by atoms with van der Waals surface area (Å²) >= 11 is 0. The predicted octanol–water partition coefficient (Wildman–Crippen LogP) is 0.803. The van der Waals surface area contributed by atoms with Gasteiger partial charge in [-0.25, -0.2) is 19.2 Å². The molecule has 0 aliphatic rings. The minimum atomic E-state index is -5.00. The van der Waals surface area contributed by atoms with Crippen molar-refractivity contribution in [3.8, 4) is 0 Å². The summed E-state index contributed by atoms with van der Waals surface area (Å²) < 4.78 is 37.1. The Labute approximate surface area is 225 Å². The van der Waals surface area contributed by atoms with Gasteiger partial charge in [0, 0.05) is 0 Å². The van der Waals surface area contributed by atoms with E-state index in [9.17, 15) is 32.1 Å². The van der Waals surface area contributed by atoms with Gasteiger partial charge in [0.15, 0.2) is 0 Å². The number of benzene rings is 3. The third-order valence-electron chi connectivity index (χ3n) is 4.33. The van der Waals surface area contributed by atoms with Crippen molar-refractivity contribution in [2.24, 2.45) is 0 Å². The van der Waals surface area contributed by atoms with Crippen molar-refractivity contribution >= 4 is 74.3 Å². The molecule has 14 heteroatoms. The summed E-state index contributed by atoms with van der Waals surface area (Å²) in [6, 6.07) is 10.5. The van der Waals surface area contributed by atoms with Gasteiger partial charge in [-0.15, -0.1) is 0 Å². The molecule has 0 bridgehead atoms. The number of esters is 2. The average molecular weight is 530 g/mol. The van der Waals surface area contributed by atoms with Gasteiger partial charge < -0.3 is 25.2 Å². The molecular formula is C22H19NaO12S. The number of carboxylic acid groups (broad SMARTS) is 2. The van der Waals surface area contributed by atoms with Gasteiger partial charge in [0.05, 0.1) is 35.5 Å². The first-order valence-electron chi connectivity index (χ1n) is 9.49. The monoisotopic (exact) mass is 530 g/mol. The molecule has 186 valence electrons. The van der Waals surface area contributed by atoms with Gasteiger partial charge in [0.1, 0.15) is 4.90 Å². The number of carbonyl (C=O) groups excluding carboxylic acids is 2. The minimum absolute atomic E-state index is 0. The van der Waals surface area contributed by atoms with Crippen LogP contribution in [0, 0.1) is 0 Å². The Morgan fingerprint density at radius 1 is 0.694 bits per heavy atom. The van der Waals surface area contributed by atoms with E-state index in [1.165, 1.54) is 36.4 Å². The summed E-state index contributed by atoms with van der Waals surface area (Å²) in [5.74, 6) is -5.18. The van der Waals surface area contributed by atoms with Gasteiger partial charge in [0.2, 0.25) is 0 Å². The molecular weight excluding hydrogens is 511 g/mol. The summed E-state index contributed by atoms with van der Waals surface area (Å²) in [7, 11) is -5.00. The van der Waals surface area contributed by atoms with Crippen molar-refractivity contribution in [3.05, 3.63) is 76.9 Å². The molecule has 0 heterocycles. The number of hydrogen-bond acceptors (Lipinski definition) is 9. The molecule has 0 unspecified atom stereocenters. The van der Waals surface area contributed by atoms with E-state index in [2.05, 4.69) is 4.74 Å². The van der Waals surface area contributed by atoms with E-state index in [1.807, 2.05) is 0 Å². The van der Waals surface area contributed by atoms with Crippen LogP contribution in [0.5, 0.6) is 0 Å². The van der Waals surface area contributed by atoms with Crippen LogP contribution in [0.4, 0.5) is 0 Å². The SMILES string of the molecule is O=C(O)c1ccc(C(=O)OC(=O)c2ccc3cc(C(=O)O)ccc3c2)c(S(=O)(=O)O)c1.OCCO.[NaH]. The Kier molecular flexibility index (Phi) is 11.3. The van der Waals surface area contributed by atoms with Gasteiger partial charge >= 0.3 is 53.4 Å². The topological polar surface area (TPSA) is 213 Å². The Bertz CT molecular complexity index is 1410. The van der Waals surface area contributed by atoms with Crippen molar-refractivity contribution in [1.82, 2.24) is 0 Å². The third kappa shape index (κ3) is 7.93. The Balaban J connectivity index is 0.00000120. The molecule has 0 saturated heterocycles. The van der Waals surface area contributed by atoms with E-state index >= 15 is 0 Å². The van der Waals surface area contributed by atoms with Crippen LogP contribution in [0.15, 0.2) is 59.5 Å². The van der Waals surface area contributed by atoms with Crippen LogP contribution in [0.1, 0.15) is 41.4 Å². The molecule has 0 aromatic heterocycles. The Hall–Kier alpha value is -3.17. The van der Waals surface area contributed by atoms with E-state index in [4.69, 9.17) is 20.4 Å². The third-order valence-corrected chi connectivity index (χ3v) is 5.23. The molecule has 36 heavy (non-hydrogen) atoms. The van der Waals surface area contributed by atoms with Crippen molar-refractivity contribution in [3.63, 3.8) is 0 Å². The normalized spacial score (nSPS) is 10.4. The Morgan fingerprint density at radius 3 is 1.61 bits per heavy atom. The number of carboxylic acids is 2. The average Bonchev–Trinajstić information content (AvgIpc) is 2.82. The zero-order valence-corrected chi connectivity index (χ0v) is 18.4. The van der Waals surface area contributed by atoms with Crippen LogP contribution < -0.4 is 0 Å². The van der Waals surface area contributed by atoms with E-state index in [0.717, 1.165) is 12.1 Å². The molecule has 3 rings (SSSR count). The molecule has 0 atom stereocenters. The number of aliphatic hydroxyl groups is 2. The quantitative estimate of drug-likeness (QED) is 0.130. The molecule has 5 N–H and O–H groups in total. The molecule has 0 saturated carbocycles. The number of hydrogen-bond donors (Lipinski definition) is 5. The van der Waals surface area contributed by atoms with E-state index in [-0.39, 0.29) is 53.9 Å². The molecule has 0 spiro atoms. The molecule has 0 radical (unpaired) electrons. The number of fused-ring (bicyclic) bond motifs is 1. The summed E-state index contributed by atoms with van der Waals surface area (Å²) in [4.78, 5) is 45.7. The maximum atomic E-state index is 12.3. The molecule has 3 aromatic rings. The van der Waals surface area contributed by atoms with Crippen molar-refractivity contribution in [2.75, 3.05) is 13.2 Å². The second kappa shape index (κ2) is 13.2. The second-order valence-electron chi connectivity index (χ2n) is 6.70. The van der Waals surface area contributed by atoms with Crippen LogP contribution in [-0.4, -0.2) is 100 Å². The van der Waals surface area contributed by atoms with E-state index < -0.39 is 50.0 Å². The Morgan fingerprint density at radius 2 is 1.14 bits per heavy atom. The molecule has 0 amide bonds.